The lowest BCUT2D eigenvalue weighted by molar-refractivity contribution is -0.141. The number of carbonyl (C=O) groups excluding carboxylic acids is 2. The van der Waals surface area contributed by atoms with Gasteiger partial charge in [0.25, 0.3) is 0 Å². The zero-order valence-corrected chi connectivity index (χ0v) is 14.9. The molecule has 2 amide bonds. The molecule has 0 radical (unpaired) electrons. The van der Waals surface area contributed by atoms with Crippen molar-refractivity contribution in [3.63, 3.8) is 0 Å². The standard InChI is InChI=1S/C20H21FN2O4/c1-13(20(26)27)9-14-5-7-17(8-6-14)23-19(25)12-22-18(24)11-15-3-2-4-16(21)10-15/h2-8,10,13H,9,11-12H2,1H3,(H,22,24)(H,23,25)(H,26,27). The Balaban J connectivity index is 1.78. The number of carboxylic acids is 1. The van der Waals surface area contributed by atoms with Gasteiger partial charge in [-0.15, -0.1) is 0 Å². The summed E-state index contributed by atoms with van der Waals surface area (Å²) >= 11 is 0. The van der Waals surface area contributed by atoms with Crippen LogP contribution >= 0.6 is 0 Å². The van der Waals surface area contributed by atoms with Gasteiger partial charge in [0.2, 0.25) is 11.8 Å². The summed E-state index contributed by atoms with van der Waals surface area (Å²) in [7, 11) is 0. The maximum atomic E-state index is 13.1. The number of hydrogen-bond acceptors (Lipinski definition) is 3. The van der Waals surface area contributed by atoms with Crippen LogP contribution in [0.3, 0.4) is 0 Å². The molecule has 0 saturated heterocycles. The van der Waals surface area contributed by atoms with E-state index in [1.54, 1.807) is 37.3 Å². The normalized spacial score (nSPS) is 11.5. The van der Waals surface area contributed by atoms with Crippen molar-refractivity contribution in [2.75, 3.05) is 11.9 Å². The van der Waals surface area contributed by atoms with Crippen LogP contribution in [0.15, 0.2) is 48.5 Å². The average Bonchev–Trinajstić information content (AvgIpc) is 2.61. The van der Waals surface area contributed by atoms with Gasteiger partial charge in [0.05, 0.1) is 18.9 Å². The smallest absolute Gasteiger partial charge is 0.306 e. The molecule has 1 atom stereocenters. The molecule has 2 aromatic carbocycles. The average molecular weight is 372 g/mol. The summed E-state index contributed by atoms with van der Waals surface area (Å²) in [6, 6.07) is 12.6. The highest BCUT2D eigenvalue weighted by molar-refractivity contribution is 5.94. The number of halogens is 1. The summed E-state index contributed by atoms with van der Waals surface area (Å²) in [4.78, 5) is 34.6. The second-order valence-electron chi connectivity index (χ2n) is 6.27. The highest BCUT2D eigenvalue weighted by atomic mass is 19.1. The molecule has 7 heteroatoms. The van der Waals surface area contributed by atoms with Gasteiger partial charge in [-0.3, -0.25) is 14.4 Å². The molecule has 0 bridgehead atoms. The Bertz CT molecular complexity index is 821. The first-order valence-corrected chi connectivity index (χ1v) is 8.46. The zero-order chi connectivity index (χ0) is 19.8. The van der Waals surface area contributed by atoms with Gasteiger partial charge < -0.3 is 15.7 Å². The predicted molar refractivity (Wildman–Crippen MR) is 98.7 cm³/mol. The molecule has 0 saturated carbocycles. The lowest BCUT2D eigenvalue weighted by atomic mass is 10.0. The fourth-order valence-electron chi connectivity index (χ4n) is 2.44. The summed E-state index contributed by atoms with van der Waals surface area (Å²) in [5.74, 6) is -2.54. The molecule has 0 spiro atoms. The number of rotatable bonds is 8. The van der Waals surface area contributed by atoms with Crippen LogP contribution in [0.2, 0.25) is 0 Å². The maximum Gasteiger partial charge on any atom is 0.306 e. The van der Waals surface area contributed by atoms with E-state index in [0.29, 0.717) is 17.7 Å². The first-order chi connectivity index (χ1) is 12.8. The van der Waals surface area contributed by atoms with E-state index in [-0.39, 0.29) is 18.9 Å². The lowest BCUT2D eigenvalue weighted by Gasteiger charge is -2.09. The third kappa shape index (κ3) is 6.89. The van der Waals surface area contributed by atoms with Gasteiger partial charge in [-0.25, -0.2) is 4.39 Å². The second kappa shape index (κ2) is 9.47. The SMILES string of the molecule is CC(Cc1ccc(NC(=O)CNC(=O)Cc2cccc(F)c2)cc1)C(=O)O. The number of nitrogens with one attached hydrogen (secondary N) is 2. The largest absolute Gasteiger partial charge is 0.481 e. The van der Waals surface area contributed by atoms with Crippen LogP contribution in [0, 0.1) is 11.7 Å². The Labute approximate surface area is 156 Å². The summed E-state index contributed by atoms with van der Waals surface area (Å²) in [5, 5.41) is 14.0. The Hall–Kier alpha value is -3.22. The minimum absolute atomic E-state index is 0.0124. The minimum Gasteiger partial charge on any atom is -0.481 e. The van der Waals surface area contributed by atoms with Gasteiger partial charge in [-0.2, -0.15) is 0 Å². The fourth-order valence-corrected chi connectivity index (χ4v) is 2.44. The lowest BCUT2D eigenvalue weighted by Crippen LogP contribution is -2.33. The molecule has 27 heavy (non-hydrogen) atoms. The van der Waals surface area contributed by atoms with E-state index >= 15 is 0 Å². The number of amides is 2. The quantitative estimate of drug-likeness (QED) is 0.663. The molecule has 142 valence electrons. The molecule has 0 fully saturated rings. The summed E-state index contributed by atoms with van der Waals surface area (Å²) < 4.78 is 13.1. The fraction of sp³-hybridized carbons (Fsp3) is 0.250. The molecular formula is C20H21FN2O4. The molecule has 0 aliphatic rings. The van der Waals surface area contributed by atoms with Crippen LogP contribution in [-0.4, -0.2) is 29.4 Å². The van der Waals surface area contributed by atoms with Gasteiger partial charge in [0.1, 0.15) is 5.82 Å². The molecule has 0 aromatic heterocycles. The Morgan fingerprint density at radius 1 is 1.04 bits per heavy atom. The first-order valence-electron chi connectivity index (χ1n) is 8.46. The predicted octanol–water partition coefficient (Wildman–Crippen LogP) is 2.39. The number of carboxylic acid groups (broad SMARTS) is 1. The van der Waals surface area contributed by atoms with Gasteiger partial charge in [-0.05, 0) is 41.8 Å². The van der Waals surface area contributed by atoms with Crippen LogP contribution in [-0.2, 0) is 27.2 Å². The zero-order valence-electron chi connectivity index (χ0n) is 14.9. The van der Waals surface area contributed by atoms with Gasteiger partial charge in [0.15, 0.2) is 0 Å². The molecule has 2 rings (SSSR count). The number of hydrogen-bond donors (Lipinski definition) is 3. The van der Waals surface area contributed by atoms with E-state index in [0.717, 1.165) is 5.56 Å². The number of benzene rings is 2. The third-order valence-corrected chi connectivity index (χ3v) is 3.90. The molecule has 2 aromatic rings. The Kier molecular flexibility index (Phi) is 7.05. The van der Waals surface area contributed by atoms with E-state index in [1.807, 2.05) is 0 Å². The van der Waals surface area contributed by atoms with Crippen molar-refractivity contribution in [2.24, 2.45) is 5.92 Å². The third-order valence-electron chi connectivity index (χ3n) is 3.90. The summed E-state index contributed by atoms with van der Waals surface area (Å²) in [5.41, 5.74) is 1.93. The highest BCUT2D eigenvalue weighted by Gasteiger charge is 2.12. The number of aliphatic carboxylic acids is 1. The van der Waals surface area contributed by atoms with E-state index in [2.05, 4.69) is 10.6 Å². The molecule has 6 nitrogen and oxygen atoms in total. The second-order valence-corrected chi connectivity index (χ2v) is 6.27. The van der Waals surface area contributed by atoms with Crippen molar-refractivity contribution >= 4 is 23.5 Å². The first kappa shape index (κ1) is 20.1. The molecule has 3 N–H and O–H groups in total. The minimum atomic E-state index is -0.860. The molecule has 0 aliphatic heterocycles. The van der Waals surface area contributed by atoms with Crippen molar-refractivity contribution in [3.8, 4) is 0 Å². The Morgan fingerprint density at radius 3 is 2.37 bits per heavy atom. The number of anilines is 1. The van der Waals surface area contributed by atoms with E-state index in [9.17, 15) is 18.8 Å². The molecule has 0 heterocycles. The molecule has 0 aliphatic carbocycles. The van der Waals surface area contributed by atoms with Gasteiger partial charge >= 0.3 is 5.97 Å². The van der Waals surface area contributed by atoms with E-state index in [1.165, 1.54) is 18.2 Å². The highest BCUT2D eigenvalue weighted by Crippen LogP contribution is 2.13. The maximum absolute atomic E-state index is 13.1. The van der Waals surface area contributed by atoms with Crippen molar-refractivity contribution in [1.29, 1.82) is 0 Å². The van der Waals surface area contributed by atoms with Crippen molar-refractivity contribution in [1.82, 2.24) is 5.32 Å². The summed E-state index contributed by atoms with van der Waals surface area (Å²) in [6.45, 7) is 1.43. The van der Waals surface area contributed by atoms with Crippen LogP contribution < -0.4 is 10.6 Å². The topological polar surface area (TPSA) is 95.5 Å². The molecular weight excluding hydrogens is 351 g/mol. The van der Waals surface area contributed by atoms with Crippen LogP contribution in [0.5, 0.6) is 0 Å². The van der Waals surface area contributed by atoms with Crippen molar-refractivity contribution < 1.29 is 23.9 Å². The van der Waals surface area contributed by atoms with Crippen molar-refractivity contribution in [3.05, 3.63) is 65.5 Å². The van der Waals surface area contributed by atoms with Crippen LogP contribution in [0.25, 0.3) is 0 Å². The number of carbonyl (C=O) groups is 3. The van der Waals surface area contributed by atoms with Crippen LogP contribution in [0.1, 0.15) is 18.1 Å². The summed E-state index contributed by atoms with van der Waals surface area (Å²) in [6.07, 6.45) is 0.390. The molecule has 1 unspecified atom stereocenters. The van der Waals surface area contributed by atoms with Gasteiger partial charge in [0, 0.05) is 5.69 Å². The van der Waals surface area contributed by atoms with E-state index < -0.39 is 23.6 Å². The van der Waals surface area contributed by atoms with Crippen molar-refractivity contribution in [2.45, 2.75) is 19.8 Å². The van der Waals surface area contributed by atoms with E-state index in [4.69, 9.17) is 5.11 Å². The van der Waals surface area contributed by atoms with Crippen LogP contribution in [0.4, 0.5) is 10.1 Å². The van der Waals surface area contributed by atoms with Gasteiger partial charge in [-0.1, -0.05) is 31.2 Å². The monoisotopic (exact) mass is 372 g/mol. The Morgan fingerprint density at radius 2 is 1.74 bits per heavy atom.